The highest BCUT2D eigenvalue weighted by Gasteiger charge is 2.03. The van der Waals surface area contributed by atoms with Gasteiger partial charge in [0.2, 0.25) is 0 Å². The summed E-state index contributed by atoms with van der Waals surface area (Å²) in [6.07, 6.45) is 3.44. The zero-order valence-corrected chi connectivity index (χ0v) is 12.0. The quantitative estimate of drug-likeness (QED) is 0.692. The monoisotopic (exact) mass is 323 g/mol. The second-order valence-electron chi connectivity index (χ2n) is 3.48. The van der Waals surface area contributed by atoms with Gasteiger partial charge in [-0.1, -0.05) is 0 Å². The van der Waals surface area contributed by atoms with Crippen LogP contribution < -0.4 is 10.2 Å². The molecule has 5 nitrogen and oxygen atoms in total. The SMILES string of the molecule is CN(C#N)c1cc(NCc2ccc(Br)s2)ncn1. The third-order valence-electron chi connectivity index (χ3n) is 2.22. The van der Waals surface area contributed by atoms with Crippen LogP contribution in [0.4, 0.5) is 11.6 Å². The maximum absolute atomic E-state index is 8.78. The maximum Gasteiger partial charge on any atom is 0.185 e. The molecule has 0 fully saturated rings. The van der Waals surface area contributed by atoms with E-state index in [1.165, 1.54) is 16.1 Å². The molecule has 0 aliphatic rings. The number of anilines is 2. The van der Waals surface area contributed by atoms with Crippen LogP contribution in [0.3, 0.4) is 0 Å². The summed E-state index contributed by atoms with van der Waals surface area (Å²) in [7, 11) is 1.66. The van der Waals surface area contributed by atoms with E-state index in [0.717, 1.165) is 3.79 Å². The largest absolute Gasteiger partial charge is 0.365 e. The Morgan fingerprint density at radius 2 is 2.33 bits per heavy atom. The first-order valence-corrected chi connectivity index (χ1v) is 6.73. The predicted octanol–water partition coefficient (Wildman–Crippen LogP) is 2.83. The fourth-order valence-electron chi connectivity index (χ4n) is 1.30. The van der Waals surface area contributed by atoms with Gasteiger partial charge >= 0.3 is 0 Å². The number of hydrogen-bond donors (Lipinski definition) is 1. The molecule has 0 bridgehead atoms. The van der Waals surface area contributed by atoms with Gasteiger partial charge < -0.3 is 5.32 Å². The van der Waals surface area contributed by atoms with E-state index in [-0.39, 0.29) is 0 Å². The molecule has 0 amide bonds. The van der Waals surface area contributed by atoms with Crippen molar-refractivity contribution in [3.05, 3.63) is 33.2 Å². The Labute approximate surface area is 117 Å². The molecule has 92 valence electrons. The second-order valence-corrected chi connectivity index (χ2v) is 6.03. The van der Waals surface area contributed by atoms with Crippen LogP contribution in [0.15, 0.2) is 28.3 Å². The van der Waals surface area contributed by atoms with Gasteiger partial charge in [-0.15, -0.1) is 11.3 Å². The molecule has 0 atom stereocenters. The van der Waals surface area contributed by atoms with E-state index in [9.17, 15) is 0 Å². The van der Waals surface area contributed by atoms with Crippen LogP contribution >= 0.6 is 27.3 Å². The summed E-state index contributed by atoms with van der Waals surface area (Å²) in [5.74, 6) is 1.27. The van der Waals surface area contributed by atoms with Crippen LogP contribution in [-0.2, 0) is 6.54 Å². The van der Waals surface area contributed by atoms with E-state index in [0.29, 0.717) is 18.2 Å². The number of nitrogens with zero attached hydrogens (tertiary/aromatic N) is 4. The van der Waals surface area contributed by atoms with Gasteiger partial charge in [-0.25, -0.2) is 9.97 Å². The van der Waals surface area contributed by atoms with Crippen molar-refractivity contribution in [3.63, 3.8) is 0 Å². The Bertz CT molecular complexity index is 577. The van der Waals surface area contributed by atoms with E-state index in [1.54, 1.807) is 24.5 Å². The minimum absolute atomic E-state index is 0.572. The van der Waals surface area contributed by atoms with Crippen molar-refractivity contribution >= 4 is 38.9 Å². The van der Waals surface area contributed by atoms with Crippen LogP contribution in [0.25, 0.3) is 0 Å². The third-order valence-corrected chi connectivity index (χ3v) is 3.84. The molecule has 0 saturated carbocycles. The molecule has 2 rings (SSSR count). The average molecular weight is 324 g/mol. The number of rotatable bonds is 4. The summed E-state index contributed by atoms with van der Waals surface area (Å²) >= 11 is 5.09. The van der Waals surface area contributed by atoms with Gasteiger partial charge in [0.25, 0.3) is 0 Å². The van der Waals surface area contributed by atoms with Crippen molar-refractivity contribution < 1.29 is 0 Å². The van der Waals surface area contributed by atoms with Gasteiger partial charge in [0.1, 0.15) is 18.0 Å². The topological polar surface area (TPSA) is 64.8 Å². The van der Waals surface area contributed by atoms with Crippen LogP contribution in [0.1, 0.15) is 4.88 Å². The van der Waals surface area contributed by atoms with Gasteiger partial charge in [-0.2, -0.15) is 5.26 Å². The molecule has 0 aromatic carbocycles. The first kappa shape index (κ1) is 12.8. The number of thiophene rings is 1. The van der Waals surface area contributed by atoms with Gasteiger partial charge in [0.15, 0.2) is 6.19 Å². The Kier molecular flexibility index (Phi) is 4.12. The van der Waals surface area contributed by atoms with Crippen LogP contribution in [0, 0.1) is 11.5 Å². The first-order chi connectivity index (χ1) is 8.69. The minimum atomic E-state index is 0.572. The smallest absolute Gasteiger partial charge is 0.185 e. The first-order valence-electron chi connectivity index (χ1n) is 5.12. The number of aromatic nitrogens is 2. The van der Waals surface area contributed by atoms with Crippen molar-refractivity contribution in [2.75, 3.05) is 17.3 Å². The van der Waals surface area contributed by atoms with Gasteiger partial charge in [-0.05, 0) is 28.1 Å². The molecule has 0 saturated heterocycles. The molecular weight excluding hydrogens is 314 g/mol. The number of nitrogens with one attached hydrogen (secondary N) is 1. The lowest BCUT2D eigenvalue weighted by atomic mass is 10.4. The molecule has 0 aliphatic heterocycles. The molecule has 2 heterocycles. The van der Waals surface area contributed by atoms with Crippen LogP contribution in [-0.4, -0.2) is 17.0 Å². The summed E-state index contributed by atoms with van der Waals surface area (Å²) in [6, 6.07) is 5.80. The zero-order chi connectivity index (χ0) is 13.0. The van der Waals surface area contributed by atoms with E-state index >= 15 is 0 Å². The lowest BCUT2D eigenvalue weighted by molar-refractivity contribution is 1.06. The normalized spacial score (nSPS) is 9.83. The molecular formula is C11H10BrN5S. The fourth-order valence-corrected chi connectivity index (χ4v) is 2.73. The number of halogens is 1. The Hall–Kier alpha value is -1.65. The van der Waals surface area contributed by atoms with Gasteiger partial charge in [0.05, 0.1) is 10.3 Å². The zero-order valence-electron chi connectivity index (χ0n) is 9.59. The summed E-state index contributed by atoms with van der Waals surface area (Å²) in [6.45, 7) is 0.697. The summed E-state index contributed by atoms with van der Waals surface area (Å²) in [4.78, 5) is 10.7. The average Bonchev–Trinajstić information content (AvgIpc) is 2.81. The molecule has 2 aromatic rings. The minimum Gasteiger partial charge on any atom is -0.365 e. The van der Waals surface area contributed by atoms with Crippen LogP contribution in [0.2, 0.25) is 0 Å². The summed E-state index contributed by atoms with van der Waals surface area (Å²) in [5.41, 5.74) is 0. The van der Waals surface area contributed by atoms with Crippen molar-refractivity contribution in [2.45, 2.75) is 6.54 Å². The Balaban J connectivity index is 2.04. The number of nitriles is 1. The lowest BCUT2D eigenvalue weighted by Gasteiger charge is -2.09. The van der Waals surface area contributed by atoms with Crippen molar-refractivity contribution in [3.8, 4) is 6.19 Å². The third kappa shape index (κ3) is 3.18. The summed E-state index contributed by atoms with van der Waals surface area (Å²) in [5, 5.41) is 12.0. The standard InChI is InChI=1S/C11H10BrN5S/c1-17(6-13)11-4-10(15-7-16-11)14-5-8-2-3-9(12)18-8/h2-4,7H,5H2,1H3,(H,14,15,16). The molecule has 7 heteroatoms. The fraction of sp³-hybridized carbons (Fsp3) is 0.182. The lowest BCUT2D eigenvalue weighted by Crippen LogP contribution is -2.11. The van der Waals surface area contributed by atoms with E-state index in [2.05, 4.69) is 31.2 Å². The van der Waals surface area contributed by atoms with Gasteiger partial charge in [0, 0.05) is 18.0 Å². The Morgan fingerprint density at radius 3 is 3.00 bits per heavy atom. The Morgan fingerprint density at radius 1 is 1.50 bits per heavy atom. The molecule has 1 N–H and O–H groups in total. The molecule has 0 unspecified atom stereocenters. The van der Waals surface area contributed by atoms with Crippen molar-refractivity contribution in [1.82, 2.24) is 9.97 Å². The van der Waals surface area contributed by atoms with E-state index < -0.39 is 0 Å². The second kappa shape index (κ2) is 5.80. The van der Waals surface area contributed by atoms with E-state index in [1.807, 2.05) is 18.3 Å². The molecule has 0 aliphatic carbocycles. The van der Waals surface area contributed by atoms with E-state index in [4.69, 9.17) is 5.26 Å². The molecule has 18 heavy (non-hydrogen) atoms. The molecule has 2 aromatic heterocycles. The van der Waals surface area contributed by atoms with Crippen molar-refractivity contribution in [2.24, 2.45) is 0 Å². The molecule has 0 radical (unpaired) electrons. The maximum atomic E-state index is 8.78. The highest BCUT2D eigenvalue weighted by molar-refractivity contribution is 9.11. The predicted molar refractivity (Wildman–Crippen MR) is 75.4 cm³/mol. The van der Waals surface area contributed by atoms with Gasteiger partial charge in [-0.3, -0.25) is 4.90 Å². The number of hydrogen-bond acceptors (Lipinski definition) is 6. The highest BCUT2D eigenvalue weighted by Crippen LogP contribution is 2.22. The highest BCUT2D eigenvalue weighted by atomic mass is 79.9. The summed E-state index contributed by atoms with van der Waals surface area (Å²) < 4.78 is 1.10. The van der Waals surface area contributed by atoms with Crippen molar-refractivity contribution in [1.29, 1.82) is 5.26 Å². The molecule has 0 spiro atoms. The van der Waals surface area contributed by atoms with Crippen LogP contribution in [0.5, 0.6) is 0 Å².